The van der Waals surface area contributed by atoms with Gasteiger partial charge in [-0.25, -0.2) is 4.39 Å². The van der Waals surface area contributed by atoms with E-state index < -0.39 is 6.04 Å². The van der Waals surface area contributed by atoms with Crippen molar-refractivity contribution >= 4 is 17.5 Å². The Morgan fingerprint density at radius 3 is 2.62 bits per heavy atom. The fraction of sp³-hybridized carbons (Fsp3) is 0.125. The van der Waals surface area contributed by atoms with E-state index in [0.717, 1.165) is 5.56 Å². The summed E-state index contributed by atoms with van der Waals surface area (Å²) in [7, 11) is 0. The lowest BCUT2D eigenvalue weighted by Gasteiger charge is -2.24. The van der Waals surface area contributed by atoms with Gasteiger partial charge in [-0.15, -0.1) is 0 Å². The smallest absolute Gasteiger partial charge is 0.252 e. The quantitative estimate of drug-likeness (QED) is 0.887. The number of rotatable bonds is 2. The zero-order chi connectivity index (χ0) is 14.8. The van der Waals surface area contributed by atoms with Gasteiger partial charge in [-0.1, -0.05) is 18.2 Å². The number of hydrogen-bond acceptors (Lipinski definition) is 2. The van der Waals surface area contributed by atoms with Gasteiger partial charge in [0, 0.05) is 17.7 Å². The van der Waals surface area contributed by atoms with Gasteiger partial charge in [0.25, 0.3) is 5.91 Å². The van der Waals surface area contributed by atoms with Crippen molar-refractivity contribution in [1.29, 1.82) is 0 Å². The number of nitrogens with one attached hydrogen (secondary N) is 2. The van der Waals surface area contributed by atoms with Gasteiger partial charge >= 0.3 is 0 Å². The first kappa shape index (κ1) is 13.3. The Kier molecular flexibility index (Phi) is 3.39. The lowest BCUT2D eigenvalue weighted by atomic mass is 9.95. The molecule has 0 spiro atoms. The van der Waals surface area contributed by atoms with E-state index in [1.54, 1.807) is 12.1 Å². The van der Waals surface area contributed by atoms with Gasteiger partial charge in [0.15, 0.2) is 0 Å². The van der Waals surface area contributed by atoms with Crippen molar-refractivity contribution in [3.63, 3.8) is 0 Å². The fourth-order valence-corrected chi connectivity index (χ4v) is 2.35. The van der Waals surface area contributed by atoms with Crippen molar-refractivity contribution in [2.75, 3.05) is 5.32 Å². The maximum absolute atomic E-state index is 12.8. The number of amides is 2. The van der Waals surface area contributed by atoms with Crippen LogP contribution in [0.15, 0.2) is 48.5 Å². The number of halogens is 1. The summed E-state index contributed by atoms with van der Waals surface area (Å²) in [6.07, 6.45) is 0.439. The van der Waals surface area contributed by atoms with E-state index in [4.69, 9.17) is 0 Å². The van der Waals surface area contributed by atoms with Crippen LogP contribution in [0.25, 0.3) is 0 Å². The van der Waals surface area contributed by atoms with Crippen molar-refractivity contribution < 1.29 is 14.0 Å². The molecule has 2 aromatic rings. The molecular formula is C16H13FN2O2. The maximum Gasteiger partial charge on any atom is 0.252 e. The molecule has 0 bridgehead atoms. The highest BCUT2D eigenvalue weighted by Gasteiger charge is 2.28. The Morgan fingerprint density at radius 1 is 1.14 bits per heavy atom. The minimum atomic E-state index is -0.627. The molecule has 1 atom stereocenters. The average molecular weight is 284 g/mol. The summed E-state index contributed by atoms with van der Waals surface area (Å²) in [6, 6.07) is 12.1. The molecule has 1 unspecified atom stereocenters. The van der Waals surface area contributed by atoms with E-state index in [1.807, 2.05) is 12.1 Å². The number of carbonyl (C=O) groups excluding carboxylic acids is 2. The molecule has 0 saturated heterocycles. The second-order valence-electron chi connectivity index (χ2n) is 4.88. The molecule has 1 aliphatic heterocycles. The van der Waals surface area contributed by atoms with E-state index in [-0.39, 0.29) is 17.6 Å². The Balaban J connectivity index is 1.75. The van der Waals surface area contributed by atoms with Crippen LogP contribution in [-0.4, -0.2) is 17.9 Å². The Bertz CT molecular complexity index is 698. The van der Waals surface area contributed by atoms with Gasteiger partial charge in [-0.05, 0) is 35.9 Å². The summed E-state index contributed by atoms with van der Waals surface area (Å²) in [5.74, 6) is -0.937. The number of benzene rings is 2. The van der Waals surface area contributed by atoms with E-state index in [2.05, 4.69) is 10.6 Å². The van der Waals surface area contributed by atoms with Gasteiger partial charge in [0.1, 0.15) is 11.9 Å². The van der Waals surface area contributed by atoms with Crippen LogP contribution in [0, 0.1) is 5.82 Å². The molecular weight excluding hydrogens is 271 g/mol. The topological polar surface area (TPSA) is 58.2 Å². The molecule has 2 amide bonds. The first-order chi connectivity index (χ1) is 10.1. The van der Waals surface area contributed by atoms with E-state index in [9.17, 15) is 14.0 Å². The Hall–Kier alpha value is -2.69. The zero-order valence-electron chi connectivity index (χ0n) is 11.1. The molecule has 0 aliphatic carbocycles. The molecule has 4 nitrogen and oxygen atoms in total. The Morgan fingerprint density at radius 2 is 1.86 bits per heavy atom. The number of fused-ring (bicyclic) bond motifs is 1. The zero-order valence-corrected chi connectivity index (χ0v) is 11.1. The molecule has 106 valence electrons. The normalized spacial score (nSPS) is 16.8. The van der Waals surface area contributed by atoms with Crippen molar-refractivity contribution in [1.82, 2.24) is 5.32 Å². The highest BCUT2D eigenvalue weighted by molar-refractivity contribution is 6.03. The maximum atomic E-state index is 12.8. The molecule has 1 aliphatic rings. The molecule has 0 fully saturated rings. The lowest BCUT2D eigenvalue weighted by Crippen LogP contribution is -2.48. The number of carbonyl (C=O) groups is 2. The molecule has 1 heterocycles. The molecule has 21 heavy (non-hydrogen) atoms. The second-order valence-corrected chi connectivity index (χ2v) is 4.88. The predicted molar refractivity (Wildman–Crippen MR) is 76.4 cm³/mol. The summed E-state index contributed by atoms with van der Waals surface area (Å²) in [6.45, 7) is 0. The van der Waals surface area contributed by atoms with Gasteiger partial charge in [-0.3, -0.25) is 9.59 Å². The average Bonchev–Trinajstić information content (AvgIpc) is 2.49. The molecule has 2 N–H and O–H groups in total. The largest absolute Gasteiger partial charge is 0.340 e. The van der Waals surface area contributed by atoms with Gasteiger partial charge in [-0.2, -0.15) is 0 Å². The molecule has 2 aromatic carbocycles. The summed E-state index contributed by atoms with van der Waals surface area (Å²) < 4.78 is 12.8. The summed E-state index contributed by atoms with van der Waals surface area (Å²) >= 11 is 0. The van der Waals surface area contributed by atoms with Crippen LogP contribution >= 0.6 is 0 Å². The first-order valence-electron chi connectivity index (χ1n) is 6.59. The van der Waals surface area contributed by atoms with E-state index in [0.29, 0.717) is 17.7 Å². The van der Waals surface area contributed by atoms with E-state index in [1.165, 1.54) is 24.3 Å². The van der Waals surface area contributed by atoms with Crippen LogP contribution < -0.4 is 10.6 Å². The van der Waals surface area contributed by atoms with Crippen LogP contribution in [0.1, 0.15) is 15.9 Å². The lowest BCUT2D eigenvalue weighted by molar-refractivity contribution is -0.118. The van der Waals surface area contributed by atoms with Crippen LogP contribution in [0.2, 0.25) is 0 Å². The van der Waals surface area contributed by atoms with E-state index >= 15 is 0 Å². The highest BCUT2D eigenvalue weighted by Crippen LogP contribution is 2.17. The first-order valence-corrected chi connectivity index (χ1v) is 6.59. The van der Waals surface area contributed by atoms with Crippen LogP contribution in [-0.2, 0) is 11.2 Å². The molecule has 0 aromatic heterocycles. The number of anilines is 1. The van der Waals surface area contributed by atoms with Gasteiger partial charge in [0.05, 0.1) is 0 Å². The van der Waals surface area contributed by atoms with Gasteiger partial charge < -0.3 is 10.6 Å². The summed E-state index contributed by atoms with van der Waals surface area (Å²) in [4.78, 5) is 24.1. The van der Waals surface area contributed by atoms with Crippen molar-refractivity contribution in [2.24, 2.45) is 0 Å². The SMILES string of the molecule is O=C1NC(C(=O)Nc2ccc(F)cc2)Cc2ccccc21. The van der Waals surface area contributed by atoms with Crippen LogP contribution in [0.5, 0.6) is 0 Å². The third-order valence-electron chi connectivity index (χ3n) is 3.42. The Labute approximate surface area is 121 Å². The molecule has 5 heteroatoms. The third kappa shape index (κ3) is 2.76. The molecule has 0 saturated carbocycles. The van der Waals surface area contributed by atoms with Gasteiger partial charge in [0.2, 0.25) is 5.91 Å². The van der Waals surface area contributed by atoms with Crippen molar-refractivity contribution in [2.45, 2.75) is 12.5 Å². The van der Waals surface area contributed by atoms with Crippen LogP contribution in [0.4, 0.5) is 10.1 Å². The highest BCUT2D eigenvalue weighted by atomic mass is 19.1. The fourth-order valence-electron chi connectivity index (χ4n) is 2.35. The van der Waals surface area contributed by atoms with Crippen LogP contribution in [0.3, 0.4) is 0 Å². The monoisotopic (exact) mass is 284 g/mol. The predicted octanol–water partition coefficient (Wildman–Crippen LogP) is 2.12. The summed E-state index contributed by atoms with van der Waals surface area (Å²) in [5, 5.41) is 5.35. The minimum Gasteiger partial charge on any atom is -0.340 e. The summed E-state index contributed by atoms with van der Waals surface area (Å²) in [5.41, 5.74) is 1.94. The van der Waals surface area contributed by atoms with Crippen molar-refractivity contribution in [3.8, 4) is 0 Å². The third-order valence-corrected chi connectivity index (χ3v) is 3.42. The molecule has 3 rings (SSSR count). The standard InChI is InChI=1S/C16H13FN2O2/c17-11-5-7-12(8-6-11)18-16(21)14-9-10-3-1-2-4-13(10)15(20)19-14/h1-8,14H,9H2,(H,18,21)(H,19,20). The second kappa shape index (κ2) is 5.36. The minimum absolute atomic E-state index is 0.254. The molecule has 0 radical (unpaired) electrons. The number of hydrogen-bond donors (Lipinski definition) is 2. The van der Waals surface area contributed by atoms with Crippen molar-refractivity contribution in [3.05, 3.63) is 65.5 Å².